The molecule has 4 rings (SSSR count). The molecule has 0 N–H and O–H groups in total. The van der Waals surface area contributed by atoms with Gasteiger partial charge < -0.3 is 0 Å². The van der Waals surface area contributed by atoms with Gasteiger partial charge in [-0.1, -0.05) is 48.5 Å². The summed E-state index contributed by atoms with van der Waals surface area (Å²) in [6.07, 6.45) is 18.4. The quantitative estimate of drug-likeness (QED) is 0.420. The van der Waals surface area contributed by atoms with Gasteiger partial charge in [-0.15, -0.1) is 11.8 Å². The van der Waals surface area contributed by atoms with Crippen molar-refractivity contribution in [3.05, 3.63) is 129 Å². The standard InChI is InChI=1S/C20H18NS.C5H5.Fe/c1-16(21-15-17-9-4-2-5-10-17)19-13-8-14-20(19)22-18-11-6-3-7-12-18;1-2-4-5-3-1;/h2-16H,1H3;1-5H;/q;;+2/t16-;;/m0../s1. The Balaban J connectivity index is 0.000000408. The van der Waals surface area contributed by atoms with Gasteiger partial charge in [-0.3, -0.25) is 4.99 Å². The molecule has 2 fully saturated rings. The van der Waals surface area contributed by atoms with E-state index in [0.717, 1.165) is 5.56 Å². The Morgan fingerprint density at radius 1 is 0.750 bits per heavy atom. The first-order valence-electron chi connectivity index (χ1n) is 9.06. The number of hydrogen-bond donors (Lipinski definition) is 0. The number of aliphatic imine (C=N–C) groups is 1. The maximum Gasteiger partial charge on any atom is 2.00 e. The Morgan fingerprint density at radius 3 is 1.93 bits per heavy atom. The summed E-state index contributed by atoms with van der Waals surface area (Å²) in [5, 5.41) is 1.28. The predicted molar refractivity (Wildman–Crippen MR) is 117 cm³/mol. The Bertz CT molecular complexity index is 662. The van der Waals surface area contributed by atoms with E-state index in [1.807, 2.05) is 62.6 Å². The summed E-state index contributed by atoms with van der Waals surface area (Å²) < 4.78 is 0. The molecule has 2 aromatic rings. The smallest absolute Gasteiger partial charge is 0.289 e. The fraction of sp³-hybridized carbons (Fsp3) is 0.0800. The van der Waals surface area contributed by atoms with Gasteiger partial charge in [0, 0.05) is 22.3 Å². The second-order valence-electron chi connectivity index (χ2n) is 6.09. The third kappa shape index (κ3) is 7.78. The van der Waals surface area contributed by atoms with Gasteiger partial charge in [-0.25, -0.2) is 0 Å². The van der Waals surface area contributed by atoms with Crippen molar-refractivity contribution in [1.29, 1.82) is 0 Å². The summed E-state index contributed by atoms with van der Waals surface area (Å²) in [5.41, 5.74) is 1.14. The van der Waals surface area contributed by atoms with Crippen molar-refractivity contribution in [1.82, 2.24) is 0 Å². The molecule has 10 radical (unpaired) electrons. The molecule has 0 aliphatic heterocycles. The molecular formula is C25H23FeNS+2. The molecular weight excluding hydrogens is 402 g/mol. The summed E-state index contributed by atoms with van der Waals surface area (Å²) in [7, 11) is 0. The monoisotopic (exact) mass is 425 g/mol. The van der Waals surface area contributed by atoms with E-state index in [9.17, 15) is 0 Å². The molecule has 0 aromatic heterocycles. The minimum Gasteiger partial charge on any atom is -0.289 e. The molecule has 0 saturated heterocycles. The van der Waals surface area contributed by atoms with Crippen molar-refractivity contribution in [2.24, 2.45) is 4.99 Å². The Labute approximate surface area is 186 Å². The molecule has 2 aromatic carbocycles. The van der Waals surface area contributed by atoms with Crippen LogP contribution < -0.4 is 0 Å². The first-order valence-corrected chi connectivity index (χ1v) is 9.88. The van der Waals surface area contributed by atoms with Crippen molar-refractivity contribution >= 4 is 18.0 Å². The minimum absolute atomic E-state index is 0. The first-order chi connectivity index (χ1) is 13.3. The summed E-state index contributed by atoms with van der Waals surface area (Å²) in [4.78, 5) is 5.96. The zero-order valence-electron chi connectivity index (χ0n) is 15.8. The SMILES string of the molecule is C[C@H](N=Cc1ccccc1)[C]1[CH][CH][CH][C]1Sc1ccccc1.[CH]1[CH][CH][CH][CH]1.[Fe+2]. The molecule has 2 saturated carbocycles. The van der Waals surface area contributed by atoms with Crippen molar-refractivity contribution < 1.29 is 17.1 Å². The van der Waals surface area contributed by atoms with E-state index in [0.29, 0.717) is 0 Å². The minimum atomic E-state index is 0. The second kappa shape index (κ2) is 13.2. The van der Waals surface area contributed by atoms with Crippen LogP contribution in [0.4, 0.5) is 0 Å². The summed E-state index contributed by atoms with van der Waals surface area (Å²) >= 11 is 1.80. The molecule has 2 aliphatic rings. The van der Waals surface area contributed by atoms with Crippen LogP contribution in [0.2, 0.25) is 0 Å². The summed E-state index contributed by atoms with van der Waals surface area (Å²) in [5.74, 6) is 1.28. The fourth-order valence-electron chi connectivity index (χ4n) is 2.61. The fourth-order valence-corrected chi connectivity index (χ4v) is 3.66. The van der Waals surface area contributed by atoms with Crippen LogP contribution >= 0.6 is 11.8 Å². The van der Waals surface area contributed by atoms with E-state index < -0.39 is 0 Å². The van der Waals surface area contributed by atoms with Crippen LogP contribution in [-0.4, -0.2) is 12.3 Å². The summed E-state index contributed by atoms with van der Waals surface area (Å²) in [6, 6.07) is 20.8. The van der Waals surface area contributed by atoms with Crippen LogP contribution in [0.1, 0.15) is 12.5 Å². The van der Waals surface area contributed by atoms with Crippen molar-refractivity contribution in [3.8, 4) is 0 Å². The number of rotatable bonds is 5. The third-order valence-electron chi connectivity index (χ3n) is 4.03. The van der Waals surface area contributed by atoms with Crippen LogP contribution in [0.25, 0.3) is 0 Å². The van der Waals surface area contributed by atoms with Gasteiger partial charge in [-0.05, 0) is 76.0 Å². The van der Waals surface area contributed by atoms with Gasteiger partial charge in [0.25, 0.3) is 0 Å². The molecule has 3 heteroatoms. The number of hydrogen-bond acceptors (Lipinski definition) is 2. The maximum absolute atomic E-state index is 4.70. The largest absolute Gasteiger partial charge is 2.00 e. The zero-order valence-corrected chi connectivity index (χ0v) is 17.7. The molecule has 28 heavy (non-hydrogen) atoms. The van der Waals surface area contributed by atoms with Crippen LogP contribution in [0.3, 0.4) is 0 Å². The molecule has 1 nitrogen and oxygen atoms in total. The normalized spacial score (nSPS) is 18.5. The topological polar surface area (TPSA) is 12.4 Å². The van der Waals surface area contributed by atoms with E-state index in [1.54, 1.807) is 11.8 Å². The molecule has 0 spiro atoms. The number of thioether (sulfide) groups is 1. The van der Waals surface area contributed by atoms with Gasteiger partial charge in [0.2, 0.25) is 0 Å². The van der Waals surface area contributed by atoms with E-state index in [2.05, 4.69) is 62.6 Å². The zero-order chi connectivity index (χ0) is 18.7. The van der Waals surface area contributed by atoms with Gasteiger partial charge in [0.1, 0.15) is 0 Å². The van der Waals surface area contributed by atoms with Crippen molar-refractivity contribution in [2.45, 2.75) is 17.9 Å². The average molecular weight is 425 g/mol. The molecule has 0 unspecified atom stereocenters. The molecule has 2 aliphatic carbocycles. The molecule has 0 bridgehead atoms. The van der Waals surface area contributed by atoms with Gasteiger partial charge in [0.15, 0.2) is 0 Å². The average Bonchev–Trinajstić information content (AvgIpc) is 3.43. The molecule has 1 atom stereocenters. The Morgan fingerprint density at radius 2 is 1.32 bits per heavy atom. The second-order valence-corrected chi connectivity index (χ2v) is 7.20. The maximum atomic E-state index is 4.70. The van der Waals surface area contributed by atoms with Crippen LogP contribution in [0, 0.1) is 62.5 Å². The van der Waals surface area contributed by atoms with E-state index in [4.69, 9.17) is 4.99 Å². The van der Waals surface area contributed by atoms with E-state index >= 15 is 0 Å². The molecule has 140 valence electrons. The van der Waals surface area contributed by atoms with Crippen LogP contribution in [-0.2, 0) is 17.1 Å². The van der Waals surface area contributed by atoms with Crippen molar-refractivity contribution in [2.75, 3.05) is 0 Å². The van der Waals surface area contributed by atoms with Gasteiger partial charge >= 0.3 is 17.1 Å². The first kappa shape index (κ1) is 23.3. The van der Waals surface area contributed by atoms with E-state index in [1.165, 1.54) is 16.1 Å². The van der Waals surface area contributed by atoms with Crippen molar-refractivity contribution in [3.63, 3.8) is 0 Å². The predicted octanol–water partition coefficient (Wildman–Crippen LogP) is 6.04. The Kier molecular flexibility index (Phi) is 11.0. The molecule has 0 amide bonds. The van der Waals surface area contributed by atoms with E-state index in [-0.39, 0.29) is 23.1 Å². The summed E-state index contributed by atoms with van der Waals surface area (Å²) in [6.45, 7) is 2.14. The van der Waals surface area contributed by atoms with Crippen LogP contribution in [0.15, 0.2) is 70.6 Å². The van der Waals surface area contributed by atoms with Crippen LogP contribution in [0.5, 0.6) is 0 Å². The number of nitrogens with zero attached hydrogens (tertiary/aromatic N) is 1. The third-order valence-corrected chi connectivity index (χ3v) is 5.13. The van der Waals surface area contributed by atoms with Gasteiger partial charge in [-0.2, -0.15) is 0 Å². The number of benzene rings is 2. The Hall–Kier alpha value is -1.02. The molecule has 0 heterocycles. The van der Waals surface area contributed by atoms with Gasteiger partial charge in [0.05, 0.1) is 6.04 Å².